The summed E-state index contributed by atoms with van der Waals surface area (Å²) in [6.07, 6.45) is -0.0200. The number of hydrogen-bond acceptors (Lipinski definition) is 5. The van der Waals surface area contributed by atoms with E-state index in [4.69, 9.17) is 15.6 Å². The second-order valence-corrected chi connectivity index (χ2v) is 4.48. The average molecular weight is 264 g/mol. The second kappa shape index (κ2) is 5.50. The van der Waals surface area contributed by atoms with Gasteiger partial charge in [0.05, 0.1) is 18.7 Å². The SMILES string of the molecule is Nc1nc(-c2cccc(OCCC(=O)O)c2)cs1. The number of benzene rings is 1. The number of aliphatic carboxylic acids is 1. The summed E-state index contributed by atoms with van der Waals surface area (Å²) >= 11 is 1.38. The Bertz CT molecular complexity index is 554. The summed E-state index contributed by atoms with van der Waals surface area (Å²) in [7, 11) is 0. The predicted molar refractivity (Wildman–Crippen MR) is 69.7 cm³/mol. The van der Waals surface area contributed by atoms with Crippen LogP contribution in [0.15, 0.2) is 29.6 Å². The number of nitrogens with two attached hydrogens (primary N) is 1. The maximum atomic E-state index is 10.4. The van der Waals surface area contributed by atoms with Crippen molar-refractivity contribution in [3.63, 3.8) is 0 Å². The van der Waals surface area contributed by atoms with Crippen LogP contribution in [-0.4, -0.2) is 22.7 Å². The van der Waals surface area contributed by atoms with Crippen molar-refractivity contribution in [2.75, 3.05) is 12.3 Å². The fraction of sp³-hybridized carbons (Fsp3) is 0.167. The number of carbonyl (C=O) groups is 1. The molecule has 0 amide bonds. The third-order valence-corrected chi connectivity index (χ3v) is 2.91. The van der Waals surface area contributed by atoms with Gasteiger partial charge in [-0.1, -0.05) is 12.1 Å². The lowest BCUT2D eigenvalue weighted by Gasteiger charge is -2.05. The Morgan fingerprint density at radius 1 is 1.50 bits per heavy atom. The van der Waals surface area contributed by atoms with Crippen LogP contribution in [0.2, 0.25) is 0 Å². The summed E-state index contributed by atoms with van der Waals surface area (Å²) in [4.78, 5) is 14.6. The van der Waals surface area contributed by atoms with E-state index in [1.807, 2.05) is 23.6 Å². The Kier molecular flexibility index (Phi) is 3.78. The van der Waals surface area contributed by atoms with E-state index in [1.165, 1.54) is 11.3 Å². The molecule has 0 unspecified atom stereocenters. The van der Waals surface area contributed by atoms with Crippen molar-refractivity contribution >= 4 is 22.4 Å². The molecular weight excluding hydrogens is 252 g/mol. The van der Waals surface area contributed by atoms with E-state index >= 15 is 0 Å². The first kappa shape index (κ1) is 12.4. The van der Waals surface area contributed by atoms with Gasteiger partial charge in [0.1, 0.15) is 5.75 Å². The number of carboxylic acids is 1. The van der Waals surface area contributed by atoms with Crippen molar-refractivity contribution in [3.8, 4) is 17.0 Å². The standard InChI is InChI=1S/C12H12N2O3S/c13-12-14-10(7-18-12)8-2-1-3-9(6-8)17-5-4-11(15)16/h1-3,6-7H,4-5H2,(H2,13,14)(H,15,16). The van der Waals surface area contributed by atoms with Gasteiger partial charge in [-0.25, -0.2) is 4.98 Å². The summed E-state index contributed by atoms with van der Waals surface area (Å²) < 4.78 is 5.35. The number of anilines is 1. The molecule has 0 saturated heterocycles. The van der Waals surface area contributed by atoms with Gasteiger partial charge in [-0.3, -0.25) is 4.79 Å². The van der Waals surface area contributed by atoms with Gasteiger partial charge in [-0.05, 0) is 12.1 Å². The molecule has 18 heavy (non-hydrogen) atoms. The van der Waals surface area contributed by atoms with Gasteiger partial charge in [0.15, 0.2) is 5.13 Å². The van der Waals surface area contributed by atoms with Crippen LogP contribution in [0, 0.1) is 0 Å². The number of nitrogen functional groups attached to an aromatic ring is 1. The number of carboxylic acid groups (broad SMARTS) is 1. The Morgan fingerprint density at radius 2 is 2.33 bits per heavy atom. The minimum atomic E-state index is -0.876. The number of thiazole rings is 1. The van der Waals surface area contributed by atoms with E-state index in [1.54, 1.807) is 6.07 Å². The molecule has 6 heteroatoms. The van der Waals surface area contributed by atoms with Gasteiger partial charge in [0.25, 0.3) is 0 Å². The van der Waals surface area contributed by atoms with Crippen molar-refractivity contribution in [1.29, 1.82) is 0 Å². The van der Waals surface area contributed by atoms with Crippen LogP contribution in [0.3, 0.4) is 0 Å². The lowest BCUT2D eigenvalue weighted by atomic mass is 10.2. The van der Waals surface area contributed by atoms with Crippen molar-refractivity contribution in [3.05, 3.63) is 29.6 Å². The number of hydrogen-bond donors (Lipinski definition) is 2. The van der Waals surface area contributed by atoms with E-state index in [9.17, 15) is 4.79 Å². The van der Waals surface area contributed by atoms with Crippen LogP contribution in [0.5, 0.6) is 5.75 Å². The van der Waals surface area contributed by atoms with Crippen molar-refractivity contribution in [2.24, 2.45) is 0 Å². The third kappa shape index (κ3) is 3.21. The molecule has 0 spiro atoms. The predicted octanol–water partition coefficient (Wildman–Crippen LogP) is 2.25. The second-order valence-electron chi connectivity index (χ2n) is 3.59. The average Bonchev–Trinajstić information content (AvgIpc) is 2.76. The van der Waals surface area contributed by atoms with E-state index in [0.717, 1.165) is 11.3 Å². The molecule has 0 atom stereocenters. The molecule has 1 heterocycles. The highest BCUT2D eigenvalue weighted by molar-refractivity contribution is 7.13. The van der Waals surface area contributed by atoms with Crippen molar-refractivity contribution in [1.82, 2.24) is 4.98 Å². The lowest BCUT2D eigenvalue weighted by Crippen LogP contribution is -2.04. The quantitative estimate of drug-likeness (QED) is 0.865. The largest absolute Gasteiger partial charge is 0.493 e. The molecule has 1 aromatic heterocycles. The molecule has 0 fully saturated rings. The summed E-state index contributed by atoms with van der Waals surface area (Å²) in [6.45, 7) is 0.151. The third-order valence-electron chi connectivity index (χ3n) is 2.24. The molecule has 5 nitrogen and oxygen atoms in total. The molecule has 2 aromatic rings. The van der Waals surface area contributed by atoms with Crippen LogP contribution >= 0.6 is 11.3 Å². The molecule has 94 valence electrons. The minimum absolute atomic E-state index is 0.0200. The normalized spacial score (nSPS) is 10.2. The molecule has 0 saturated carbocycles. The number of rotatable bonds is 5. The van der Waals surface area contributed by atoms with Crippen molar-refractivity contribution in [2.45, 2.75) is 6.42 Å². The molecule has 0 radical (unpaired) electrons. The molecule has 0 aliphatic heterocycles. The zero-order valence-electron chi connectivity index (χ0n) is 9.50. The molecule has 0 aliphatic rings. The van der Waals surface area contributed by atoms with Gasteiger partial charge < -0.3 is 15.6 Å². The maximum absolute atomic E-state index is 10.4. The smallest absolute Gasteiger partial charge is 0.306 e. The van der Waals surface area contributed by atoms with E-state index in [-0.39, 0.29) is 13.0 Å². The van der Waals surface area contributed by atoms with E-state index < -0.39 is 5.97 Å². The highest BCUT2D eigenvalue weighted by Gasteiger charge is 2.04. The van der Waals surface area contributed by atoms with Crippen LogP contribution in [0.25, 0.3) is 11.3 Å². The number of nitrogens with zero attached hydrogens (tertiary/aromatic N) is 1. The zero-order valence-corrected chi connectivity index (χ0v) is 10.3. The molecule has 0 bridgehead atoms. The monoisotopic (exact) mass is 264 g/mol. The summed E-state index contributed by atoms with van der Waals surface area (Å²) in [6, 6.07) is 7.33. The zero-order chi connectivity index (χ0) is 13.0. The minimum Gasteiger partial charge on any atom is -0.493 e. The summed E-state index contributed by atoms with van der Waals surface area (Å²) in [5.74, 6) is -0.251. The fourth-order valence-electron chi connectivity index (χ4n) is 1.42. The Balaban J connectivity index is 2.08. The van der Waals surface area contributed by atoms with Crippen LogP contribution in [0.4, 0.5) is 5.13 Å². The van der Waals surface area contributed by atoms with Crippen LogP contribution in [0.1, 0.15) is 6.42 Å². The number of ether oxygens (including phenoxy) is 1. The first-order chi connectivity index (χ1) is 8.65. The van der Waals surface area contributed by atoms with Gasteiger partial charge in [0, 0.05) is 10.9 Å². The Hall–Kier alpha value is -2.08. The number of aromatic nitrogens is 1. The van der Waals surface area contributed by atoms with Crippen molar-refractivity contribution < 1.29 is 14.6 Å². The summed E-state index contributed by atoms with van der Waals surface area (Å²) in [5, 5.41) is 10.9. The van der Waals surface area contributed by atoms with E-state index in [2.05, 4.69) is 4.98 Å². The Morgan fingerprint density at radius 3 is 3.00 bits per heavy atom. The topological polar surface area (TPSA) is 85.4 Å². The molecule has 1 aromatic carbocycles. The van der Waals surface area contributed by atoms with Crippen LogP contribution < -0.4 is 10.5 Å². The lowest BCUT2D eigenvalue weighted by molar-refractivity contribution is -0.137. The highest BCUT2D eigenvalue weighted by atomic mass is 32.1. The summed E-state index contributed by atoms with van der Waals surface area (Å²) in [5.41, 5.74) is 7.27. The van der Waals surface area contributed by atoms with Gasteiger partial charge >= 0.3 is 5.97 Å². The first-order valence-electron chi connectivity index (χ1n) is 5.31. The Labute approximate surface area is 108 Å². The molecule has 0 aliphatic carbocycles. The van der Waals surface area contributed by atoms with Gasteiger partial charge in [-0.2, -0.15) is 0 Å². The van der Waals surface area contributed by atoms with Gasteiger partial charge in [0.2, 0.25) is 0 Å². The fourth-order valence-corrected chi connectivity index (χ4v) is 1.99. The first-order valence-corrected chi connectivity index (χ1v) is 6.19. The molecule has 3 N–H and O–H groups in total. The molecular formula is C12H12N2O3S. The van der Waals surface area contributed by atoms with E-state index in [0.29, 0.717) is 10.9 Å². The highest BCUT2D eigenvalue weighted by Crippen LogP contribution is 2.26. The molecule has 2 rings (SSSR count). The van der Waals surface area contributed by atoms with Gasteiger partial charge in [-0.15, -0.1) is 11.3 Å². The maximum Gasteiger partial charge on any atom is 0.306 e. The van der Waals surface area contributed by atoms with Crippen LogP contribution in [-0.2, 0) is 4.79 Å².